The molecule has 3 unspecified atom stereocenters. The number of likely N-dealkylation sites (tertiary alicyclic amines) is 1. The fraction of sp³-hybridized carbons (Fsp3) is 0.312. The zero-order valence-electron chi connectivity index (χ0n) is 13.6. The van der Waals surface area contributed by atoms with Crippen LogP contribution in [0.4, 0.5) is 0 Å². The fourth-order valence-electron chi connectivity index (χ4n) is 2.61. The number of β-lactam (4-membered cyclic amide) rings is 1. The summed E-state index contributed by atoms with van der Waals surface area (Å²) in [6.45, 7) is 6.06. The Balaban J connectivity index is 0.000000306. The number of carboxylic acid groups (broad SMARTS) is 1. The molecule has 0 spiro atoms. The maximum absolute atomic E-state index is 11.7. The Morgan fingerprint density at radius 3 is 2.20 bits per heavy atom. The van der Waals surface area contributed by atoms with E-state index in [9.17, 15) is 18.6 Å². The summed E-state index contributed by atoms with van der Waals surface area (Å²) in [4.78, 5) is 33.1. The molecule has 3 aliphatic rings. The van der Waals surface area contributed by atoms with Crippen LogP contribution in [0.15, 0.2) is 36.4 Å². The molecule has 1 saturated heterocycles. The largest absolute Gasteiger partial charge is 0.479 e. The summed E-state index contributed by atoms with van der Waals surface area (Å²) < 4.78 is 11.6. The molecule has 1 aliphatic heterocycles. The van der Waals surface area contributed by atoms with Crippen LogP contribution in [0, 0.1) is 0 Å². The van der Waals surface area contributed by atoms with Crippen molar-refractivity contribution < 1.29 is 23.7 Å². The molecule has 3 rings (SSSR count). The number of nitrogens with zero attached hydrogens (tertiary/aromatic N) is 1. The van der Waals surface area contributed by atoms with Crippen molar-refractivity contribution in [2.45, 2.75) is 31.3 Å². The van der Waals surface area contributed by atoms with Gasteiger partial charge in [-0.25, -0.2) is 9.00 Å². The van der Waals surface area contributed by atoms with Crippen LogP contribution in [0.2, 0.25) is 0 Å². The molecule has 0 bridgehead atoms. The number of rotatable bonds is 5. The van der Waals surface area contributed by atoms with Gasteiger partial charge in [-0.2, -0.15) is 0 Å². The van der Waals surface area contributed by atoms with Gasteiger partial charge in [0.2, 0.25) is 16.8 Å². The van der Waals surface area contributed by atoms with Crippen LogP contribution in [-0.4, -0.2) is 43.0 Å². The van der Waals surface area contributed by atoms with Gasteiger partial charge in [-0.05, 0) is 40.4 Å². The first-order valence-electron chi connectivity index (χ1n) is 7.28. The Labute approximate surface area is 151 Å². The lowest BCUT2D eigenvalue weighted by molar-refractivity contribution is -0.165. The maximum atomic E-state index is 11.7. The number of nitrogens with one attached hydrogen (secondary N) is 1. The monoisotopic (exact) mass is 384 g/mol. The van der Waals surface area contributed by atoms with Gasteiger partial charge in [0.05, 0.1) is 6.42 Å². The van der Waals surface area contributed by atoms with Gasteiger partial charge >= 0.3 is 5.97 Å². The standard InChI is InChI=1S/C10H13ClN2O5S.C6H4/c1-5(2)8(9(16)17)13-7(15)4-10(13,19(11)18)12-6(3)14;1-2-5-4-6(5)3-1/h8H,1,4H2,2-3H3,(H,12,14)(H,16,17);1-4H. The van der Waals surface area contributed by atoms with E-state index in [1.807, 2.05) is 0 Å². The molecule has 134 valence electrons. The molecule has 0 radical (unpaired) electrons. The van der Waals surface area contributed by atoms with E-state index < -0.39 is 38.8 Å². The molecule has 7 nitrogen and oxygen atoms in total. The van der Waals surface area contributed by atoms with Crippen molar-refractivity contribution in [2.75, 3.05) is 0 Å². The minimum atomic E-state index is -2.17. The number of fused-ring (bicyclic) bond motifs is 1. The molecular weight excluding hydrogens is 368 g/mol. The zero-order chi connectivity index (χ0) is 18.9. The number of hydrogen-bond donors (Lipinski definition) is 2. The van der Waals surface area contributed by atoms with Gasteiger partial charge in [-0.3, -0.25) is 14.5 Å². The summed E-state index contributed by atoms with van der Waals surface area (Å²) in [6.07, 6.45) is -0.320. The van der Waals surface area contributed by atoms with Gasteiger partial charge in [-0.15, -0.1) is 0 Å². The van der Waals surface area contributed by atoms with Crippen molar-refractivity contribution in [3.05, 3.63) is 36.4 Å². The van der Waals surface area contributed by atoms with Gasteiger partial charge in [0, 0.05) is 6.92 Å². The number of halogens is 1. The minimum absolute atomic E-state index is 0.164. The van der Waals surface area contributed by atoms with Gasteiger partial charge < -0.3 is 10.4 Å². The van der Waals surface area contributed by atoms with Gasteiger partial charge in [-0.1, -0.05) is 24.8 Å². The molecule has 1 fully saturated rings. The third kappa shape index (κ3) is 3.74. The van der Waals surface area contributed by atoms with E-state index in [-0.39, 0.29) is 12.0 Å². The number of hydrogen-bond acceptors (Lipinski definition) is 4. The molecular formula is C16H17ClN2O5S. The van der Waals surface area contributed by atoms with Gasteiger partial charge in [0.25, 0.3) is 0 Å². The normalized spacial score (nSPS) is 21.9. The molecule has 2 aliphatic carbocycles. The van der Waals surface area contributed by atoms with E-state index in [2.05, 4.69) is 36.2 Å². The van der Waals surface area contributed by atoms with Crippen molar-refractivity contribution >= 4 is 38.5 Å². The van der Waals surface area contributed by atoms with Crippen LogP contribution in [0.3, 0.4) is 0 Å². The van der Waals surface area contributed by atoms with E-state index in [0.717, 1.165) is 11.8 Å². The van der Waals surface area contributed by atoms with Crippen LogP contribution >= 0.6 is 10.7 Å². The Morgan fingerprint density at radius 1 is 1.40 bits per heavy atom. The number of carbonyl (C=O) groups excluding carboxylic acids is 2. The number of amides is 2. The number of carboxylic acids is 1. The molecule has 0 aromatic rings. The maximum Gasteiger partial charge on any atom is 0.330 e. The molecule has 25 heavy (non-hydrogen) atoms. The van der Waals surface area contributed by atoms with Crippen molar-refractivity contribution in [1.82, 2.24) is 10.2 Å². The molecule has 3 atom stereocenters. The molecule has 1 heterocycles. The Kier molecular flexibility index (Phi) is 5.34. The minimum Gasteiger partial charge on any atom is -0.479 e. The highest BCUT2D eigenvalue weighted by molar-refractivity contribution is 8.09. The molecule has 0 aromatic carbocycles. The predicted molar refractivity (Wildman–Crippen MR) is 93.7 cm³/mol. The van der Waals surface area contributed by atoms with Crippen molar-refractivity contribution in [3.63, 3.8) is 0 Å². The van der Waals surface area contributed by atoms with Crippen LogP contribution in [0.5, 0.6) is 0 Å². The first-order chi connectivity index (χ1) is 11.6. The summed E-state index contributed by atoms with van der Waals surface area (Å²) in [6, 6.07) is 7.09. The third-order valence-electron chi connectivity index (χ3n) is 3.76. The zero-order valence-corrected chi connectivity index (χ0v) is 15.2. The Morgan fingerprint density at radius 2 is 1.96 bits per heavy atom. The first-order valence-corrected chi connectivity index (χ1v) is 9.25. The SMILES string of the molecule is C=C(C)C(C(=O)O)N1C(=O)CC1(NC(C)=O)S(=O)Cl.c1cc2cc-2c1. The second-order valence-electron chi connectivity index (χ2n) is 5.80. The van der Waals surface area contributed by atoms with Crippen LogP contribution < -0.4 is 5.32 Å². The summed E-state index contributed by atoms with van der Waals surface area (Å²) in [5.41, 5.74) is 3.02. The molecule has 2 N–H and O–H groups in total. The number of carbonyl (C=O) groups is 3. The number of benzene rings is 1. The van der Waals surface area contributed by atoms with E-state index in [1.165, 1.54) is 18.1 Å². The van der Waals surface area contributed by atoms with Crippen LogP contribution in [0.25, 0.3) is 11.1 Å². The topological polar surface area (TPSA) is 104 Å². The summed E-state index contributed by atoms with van der Waals surface area (Å²) in [5, 5.41) is 11.4. The van der Waals surface area contributed by atoms with Crippen LogP contribution in [0.1, 0.15) is 20.3 Å². The third-order valence-corrected chi connectivity index (χ3v) is 5.50. The molecule has 9 heteroatoms. The van der Waals surface area contributed by atoms with E-state index in [1.54, 1.807) is 0 Å². The molecule has 0 saturated carbocycles. The van der Waals surface area contributed by atoms with Crippen LogP contribution in [-0.2, 0) is 24.4 Å². The summed E-state index contributed by atoms with van der Waals surface area (Å²) >= 11 is 0. The Bertz CT molecular complexity index is 765. The average Bonchev–Trinajstić information content (AvgIpc) is 3.09. The quantitative estimate of drug-likeness (QED) is 0.463. The van der Waals surface area contributed by atoms with E-state index in [4.69, 9.17) is 15.8 Å². The van der Waals surface area contributed by atoms with E-state index in [0.29, 0.717) is 0 Å². The van der Waals surface area contributed by atoms with Crippen molar-refractivity contribution in [2.24, 2.45) is 0 Å². The van der Waals surface area contributed by atoms with E-state index >= 15 is 0 Å². The summed E-state index contributed by atoms with van der Waals surface area (Å²) in [7, 11) is 3.37. The second kappa shape index (κ2) is 6.97. The second-order valence-corrected chi connectivity index (χ2v) is 7.76. The first kappa shape index (κ1) is 19.1. The summed E-state index contributed by atoms with van der Waals surface area (Å²) in [5.74, 6) is -2.48. The Hall–Kier alpha value is -2.19. The highest BCUT2D eigenvalue weighted by atomic mass is 35.7. The van der Waals surface area contributed by atoms with Crippen molar-refractivity contribution in [3.8, 4) is 11.1 Å². The lowest BCUT2D eigenvalue weighted by Crippen LogP contribution is -2.76. The van der Waals surface area contributed by atoms with Gasteiger partial charge in [0.1, 0.15) is 0 Å². The number of aliphatic carboxylic acids is 1. The highest BCUT2D eigenvalue weighted by Crippen LogP contribution is 2.38. The fourth-order valence-corrected chi connectivity index (χ4v) is 3.93. The van der Waals surface area contributed by atoms with Crippen molar-refractivity contribution in [1.29, 1.82) is 0 Å². The lowest BCUT2D eigenvalue weighted by Gasteiger charge is -2.51. The molecule has 2 amide bonds. The lowest BCUT2D eigenvalue weighted by atomic mass is 10.00. The average molecular weight is 385 g/mol. The molecule has 0 aromatic heterocycles. The highest BCUT2D eigenvalue weighted by Gasteiger charge is 2.60. The smallest absolute Gasteiger partial charge is 0.330 e. The van der Waals surface area contributed by atoms with Gasteiger partial charge in [0.15, 0.2) is 16.1 Å². The predicted octanol–water partition coefficient (Wildman–Crippen LogP) is 1.61.